The molecule has 2 aromatic rings. The Kier molecular flexibility index (Phi) is 4.46. The molecule has 1 aliphatic heterocycles. The largest absolute Gasteiger partial charge is 0.314 e. The fourth-order valence-corrected chi connectivity index (χ4v) is 3.44. The summed E-state index contributed by atoms with van der Waals surface area (Å²) in [5.74, 6) is -5.39. The van der Waals surface area contributed by atoms with Gasteiger partial charge in [0.15, 0.2) is 23.3 Å². The molecule has 118 valence electrons. The number of benzene rings is 1. The molecule has 1 atom stereocenters. The van der Waals surface area contributed by atoms with E-state index in [1.54, 1.807) is 16.8 Å². The molecule has 0 radical (unpaired) electrons. The summed E-state index contributed by atoms with van der Waals surface area (Å²) in [7, 11) is 0. The molecule has 3 rings (SSSR count). The van der Waals surface area contributed by atoms with Crippen LogP contribution in [0.15, 0.2) is 22.9 Å². The van der Waals surface area contributed by atoms with Crippen LogP contribution >= 0.6 is 11.3 Å². The van der Waals surface area contributed by atoms with E-state index in [1.807, 2.05) is 4.90 Å². The van der Waals surface area contributed by atoms with E-state index in [0.717, 1.165) is 0 Å². The van der Waals surface area contributed by atoms with Gasteiger partial charge in [-0.1, -0.05) is 0 Å². The predicted octanol–water partition coefficient (Wildman–Crippen LogP) is 3.30. The molecule has 0 spiro atoms. The highest BCUT2D eigenvalue weighted by molar-refractivity contribution is 7.08. The van der Waals surface area contributed by atoms with Gasteiger partial charge in [0.1, 0.15) is 0 Å². The normalized spacial score (nSPS) is 17.6. The molecule has 0 saturated carbocycles. The third-order valence-electron chi connectivity index (χ3n) is 3.79. The summed E-state index contributed by atoms with van der Waals surface area (Å²) in [5.41, 5.74) is 0.0764. The lowest BCUT2D eigenvalue weighted by atomic mass is 9.97. The van der Waals surface area contributed by atoms with Crippen LogP contribution in [0, 0.1) is 23.3 Å². The first-order valence-electron chi connectivity index (χ1n) is 6.89. The highest BCUT2D eigenvalue weighted by Gasteiger charge is 2.32. The molecule has 0 bridgehead atoms. The maximum absolute atomic E-state index is 14.2. The van der Waals surface area contributed by atoms with E-state index in [2.05, 4.69) is 5.32 Å². The van der Waals surface area contributed by atoms with Crippen molar-refractivity contribution in [2.75, 3.05) is 26.2 Å². The van der Waals surface area contributed by atoms with Gasteiger partial charge in [-0.05, 0) is 22.4 Å². The first-order chi connectivity index (χ1) is 10.6. The number of thiophene rings is 1. The van der Waals surface area contributed by atoms with Gasteiger partial charge in [-0.2, -0.15) is 11.3 Å². The van der Waals surface area contributed by atoms with Crippen LogP contribution in [-0.2, 0) is 0 Å². The van der Waals surface area contributed by atoms with E-state index < -0.39 is 34.9 Å². The Balaban J connectivity index is 2.14. The van der Waals surface area contributed by atoms with Crippen LogP contribution in [0.2, 0.25) is 0 Å². The minimum Gasteiger partial charge on any atom is -0.314 e. The number of piperazine rings is 1. The Hall–Kier alpha value is -1.44. The van der Waals surface area contributed by atoms with Crippen LogP contribution < -0.4 is 5.32 Å². The first kappa shape index (κ1) is 15.5. The second kappa shape index (κ2) is 6.36. The number of nitrogens with one attached hydrogen (secondary N) is 1. The van der Waals surface area contributed by atoms with Crippen molar-refractivity contribution in [2.24, 2.45) is 0 Å². The molecule has 1 fully saturated rings. The molecule has 2 heterocycles. The minimum absolute atomic E-state index is 0.247. The SMILES string of the molecule is Fc1cc(F)c(F)c([C@@H](c2ccsc2)N2CCNCC2)c1F. The van der Waals surface area contributed by atoms with Crippen LogP contribution in [0.5, 0.6) is 0 Å². The molecule has 1 aliphatic rings. The van der Waals surface area contributed by atoms with Crippen LogP contribution in [0.3, 0.4) is 0 Å². The van der Waals surface area contributed by atoms with E-state index in [4.69, 9.17) is 0 Å². The Bertz CT molecular complexity index is 628. The van der Waals surface area contributed by atoms with E-state index in [0.29, 0.717) is 31.7 Å². The van der Waals surface area contributed by atoms with Crippen LogP contribution in [0.1, 0.15) is 17.2 Å². The topological polar surface area (TPSA) is 15.3 Å². The molecule has 1 saturated heterocycles. The van der Waals surface area contributed by atoms with Crippen molar-refractivity contribution in [1.29, 1.82) is 0 Å². The maximum atomic E-state index is 14.2. The zero-order valence-electron chi connectivity index (χ0n) is 11.6. The summed E-state index contributed by atoms with van der Waals surface area (Å²) >= 11 is 1.37. The monoisotopic (exact) mass is 330 g/mol. The van der Waals surface area contributed by atoms with Gasteiger partial charge < -0.3 is 5.32 Å². The fraction of sp³-hybridized carbons (Fsp3) is 0.333. The fourth-order valence-electron chi connectivity index (χ4n) is 2.76. The summed E-state index contributed by atoms with van der Waals surface area (Å²) in [5, 5.41) is 6.66. The molecule has 1 N–H and O–H groups in total. The summed E-state index contributed by atoms with van der Waals surface area (Å²) in [6, 6.07) is 1.13. The highest BCUT2D eigenvalue weighted by Crippen LogP contribution is 2.35. The molecule has 0 amide bonds. The average molecular weight is 330 g/mol. The Morgan fingerprint density at radius 2 is 1.68 bits per heavy atom. The number of nitrogens with zero attached hydrogens (tertiary/aromatic N) is 1. The Labute approximate surface area is 129 Å². The summed E-state index contributed by atoms with van der Waals surface area (Å²) in [4.78, 5) is 1.83. The zero-order valence-corrected chi connectivity index (χ0v) is 12.4. The first-order valence-corrected chi connectivity index (χ1v) is 7.83. The smallest absolute Gasteiger partial charge is 0.167 e. The van der Waals surface area contributed by atoms with Gasteiger partial charge in [0.2, 0.25) is 0 Å². The standard InChI is InChI=1S/C15H14F4N2S/c16-10-7-11(17)14(19)12(13(10)18)15(9-1-6-22-8-9)21-4-2-20-3-5-21/h1,6-8,15,20H,2-5H2/t15-/m1/s1. The van der Waals surface area contributed by atoms with Crippen molar-refractivity contribution in [3.63, 3.8) is 0 Å². The lowest BCUT2D eigenvalue weighted by Gasteiger charge is -2.35. The number of hydrogen-bond donors (Lipinski definition) is 1. The van der Waals surface area contributed by atoms with E-state index in [1.165, 1.54) is 11.3 Å². The third kappa shape index (κ3) is 2.76. The van der Waals surface area contributed by atoms with Gasteiger partial charge in [-0.15, -0.1) is 0 Å². The molecular weight excluding hydrogens is 316 g/mol. The van der Waals surface area contributed by atoms with Gasteiger partial charge in [-0.3, -0.25) is 4.90 Å². The van der Waals surface area contributed by atoms with Crippen molar-refractivity contribution in [1.82, 2.24) is 10.2 Å². The molecule has 7 heteroatoms. The Morgan fingerprint density at radius 1 is 1.05 bits per heavy atom. The highest BCUT2D eigenvalue weighted by atomic mass is 32.1. The number of hydrogen-bond acceptors (Lipinski definition) is 3. The van der Waals surface area contributed by atoms with Gasteiger partial charge in [0.25, 0.3) is 0 Å². The van der Waals surface area contributed by atoms with Crippen LogP contribution in [0.4, 0.5) is 17.6 Å². The van der Waals surface area contributed by atoms with Crippen LogP contribution in [-0.4, -0.2) is 31.1 Å². The van der Waals surface area contributed by atoms with E-state index >= 15 is 0 Å². The Morgan fingerprint density at radius 3 is 2.23 bits per heavy atom. The summed E-state index contributed by atoms with van der Waals surface area (Å²) in [6.45, 7) is 2.39. The molecule has 22 heavy (non-hydrogen) atoms. The third-order valence-corrected chi connectivity index (χ3v) is 4.50. The number of rotatable bonds is 3. The summed E-state index contributed by atoms with van der Waals surface area (Å²) < 4.78 is 55.6. The molecular formula is C15H14F4N2S. The van der Waals surface area contributed by atoms with Crippen molar-refractivity contribution >= 4 is 11.3 Å². The zero-order chi connectivity index (χ0) is 15.7. The predicted molar refractivity (Wildman–Crippen MR) is 76.9 cm³/mol. The van der Waals surface area contributed by atoms with Gasteiger partial charge in [0, 0.05) is 32.2 Å². The molecule has 0 unspecified atom stereocenters. The van der Waals surface area contributed by atoms with Gasteiger partial charge in [-0.25, -0.2) is 17.6 Å². The molecule has 1 aromatic heterocycles. The second-order valence-electron chi connectivity index (χ2n) is 5.13. The maximum Gasteiger partial charge on any atom is 0.167 e. The molecule has 2 nitrogen and oxygen atoms in total. The molecule has 0 aliphatic carbocycles. The van der Waals surface area contributed by atoms with Gasteiger partial charge >= 0.3 is 0 Å². The summed E-state index contributed by atoms with van der Waals surface area (Å²) in [6.07, 6.45) is 0. The lowest BCUT2D eigenvalue weighted by molar-refractivity contribution is 0.190. The average Bonchev–Trinajstić information content (AvgIpc) is 3.04. The van der Waals surface area contributed by atoms with Crippen molar-refractivity contribution in [3.8, 4) is 0 Å². The van der Waals surface area contributed by atoms with Crippen molar-refractivity contribution in [2.45, 2.75) is 6.04 Å². The quantitative estimate of drug-likeness (QED) is 0.686. The van der Waals surface area contributed by atoms with Gasteiger partial charge in [0.05, 0.1) is 11.6 Å². The number of halogens is 4. The van der Waals surface area contributed by atoms with Crippen molar-refractivity contribution < 1.29 is 17.6 Å². The van der Waals surface area contributed by atoms with Crippen molar-refractivity contribution in [3.05, 3.63) is 57.3 Å². The van der Waals surface area contributed by atoms with E-state index in [-0.39, 0.29) is 6.07 Å². The second-order valence-corrected chi connectivity index (χ2v) is 5.91. The molecule has 1 aromatic carbocycles. The minimum atomic E-state index is -1.37. The lowest BCUT2D eigenvalue weighted by Crippen LogP contribution is -2.45. The van der Waals surface area contributed by atoms with E-state index in [9.17, 15) is 17.6 Å². The van der Waals surface area contributed by atoms with Crippen LogP contribution in [0.25, 0.3) is 0 Å².